The molecule has 4 bridgehead atoms. The quantitative estimate of drug-likeness (QED) is 0.322. The first-order valence-corrected chi connectivity index (χ1v) is 13.6. The Bertz CT molecular complexity index is 1460. The lowest BCUT2D eigenvalue weighted by molar-refractivity contribution is -0.148. The molecule has 0 spiro atoms. The first kappa shape index (κ1) is 26.6. The van der Waals surface area contributed by atoms with Gasteiger partial charge in [-0.25, -0.2) is 9.18 Å². The molecule has 0 saturated heterocycles. The van der Waals surface area contributed by atoms with Crippen LogP contribution in [0, 0.1) is 29.5 Å². The fourth-order valence-corrected chi connectivity index (χ4v) is 7.47. The number of hydrogen-bond donors (Lipinski definition) is 2. The Hall–Kier alpha value is -3.62. The standard InChI is InChI=1S/C31H29F4NO4/c32-24-6-8-25-21(14-24)3-7-26(27(25)40-16-17-1-4-22(5-2-17)31(33,34)35)28(37)36-30(29(38)39)15-20-10-18-9-19(11-20)13-23(30)12-18/h1-8,14,18-20,23H,9-13,15-16H2,(H,36,37)(H,38,39)/t18-,19+,20?,23?,30-/m0/s1. The van der Waals surface area contributed by atoms with Crippen LogP contribution in [0.3, 0.4) is 0 Å². The lowest BCUT2D eigenvalue weighted by atomic mass is 9.66. The second kappa shape index (κ2) is 9.78. The lowest BCUT2D eigenvalue weighted by Gasteiger charge is -2.41. The van der Waals surface area contributed by atoms with E-state index in [2.05, 4.69) is 5.32 Å². The van der Waals surface area contributed by atoms with Crippen LogP contribution < -0.4 is 10.1 Å². The van der Waals surface area contributed by atoms with E-state index >= 15 is 0 Å². The van der Waals surface area contributed by atoms with E-state index in [1.54, 1.807) is 6.07 Å². The second-order valence-electron chi connectivity index (χ2n) is 11.7. The molecule has 4 aliphatic carbocycles. The van der Waals surface area contributed by atoms with Crippen molar-refractivity contribution < 1.29 is 37.0 Å². The predicted molar refractivity (Wildman–Crippen MR) is 139 cm³/mol. The largest absolute Gasteiger partial charge is 0.487 e. The summed E-state index contributed by atoms with van der Waals surface area (Å²) < 4.78 is 59.0. The first-order valence-electron chi connectivity index (χ1n) is 13.6. The number of alkyl halides is 3. The Kier molecular flexibility index (Phi) is 6.50. The van der Waals surface area contributed by atoms with Crippen LogP contribution in [0.5, 0.6) is 5.75 Å². The number of carbonyl (C=O) groups excluding carboxylic acids is 1. The summed E-state index contributed by atoms with van der Waals surface area (Å²) in [5, 5.41) is 14.3. The lowest BCUT2D eigenvalue weighted by Crippen LogP contribution is -2.59. The highest BCUT2D eigenvalue weighted by Gasteiger charge is 2.56. The molecule has 4 aliphatic rings. The number of amides is 1. The summed E-state index contributed by atoms with van der Waals surface area (Å²) in [6.45, 7) is -0.146. The molecule has 2 unspecified atom stereocenters. The molecule has 7 rings (SSSR count). The zero-order valence-corrected chi connectivity index (χ0v) is 21.6. The molecule has 4 fully saturated rings. The van der Waals surface area contributed by atoms with Crippen LogP contribution in [0.15, 0.2) is 54.6 Å². The van der Waals surface area contributed by atoms with Crippen molar-refractivity contribution in [3.05, 3.63) is 77.1 Å². The van der Waals surface area contributed by atoms with E-state index in [0.29, 0.717) is 34.6 Å². The number of nitrogens with one attached hydrogen (secondary N) is 1. The molecule has 0 aliphatic heterocycles. The van der Waals surface area contributed by atoms with Gasteiger partial charge in [-0.2, -0.15) is 13.2 Å². The van der Waals surface area contributed by atoms with Gasteiger partial charge in [-0.3, -0.25) is 4.79 Å². The van der Waals surface area contributed by atoms with E-state index in [-0.39, 0.29) is 29.8 Å². The first-order chi connectivity index (χ1) is 19.0. The number of aliphatic carboxylic acids is 1. The smallest absolute Gasteiger partial charge is 0.416 e. The van der Waals surface area contributed by atoms with E-state index in [1.165, 1.54) is 36.4 Å². The van der Waals surface area contributed by atoms with Gasteiger partial charge in [0.1, 0.15) is 23.7 Å². The van der Waals surface area contributed by atoms with Gasteiger partial charge in [-0.1, -0.05) is 18.2 Å². The molecule has 3 aromatic rings. The maximum absolute atomic E-state index is 14.0. The molecule has 0 heterocycles. The molecule has 9 heteroatoms. The molecule has 3 aromatic carbocycles. The van der Waals surface area contributed by atoms with Crippen molar-refractivity contribution in [2.24, 2.45) is 23.7 Å². The highest BCUT2D eigenvalue weighted by molar-refractivity contribution is 6.05. The molecule has 210 valence electrons. The van der Waals surface area contributed by atoms with E-state index in [1.807, 2.05) is 0 Å². The Balaban J connectivity index is 1.33. The van der Waals surface area contributed by atoms with Gasteiger partial charge in [0, 0.05) is 5.39 Å². The van der Waals surface area contributed by atoms with Crippen LogP contribution >= 0.6 is 0 Å². The van der Waals surface area contributed by atoms with Gasteiger partial charge in [0.15, 0.2) is 0 Å². The fraction of sp³-hybridized carbons (Fsp3) is 0.419. The maximum atomic E-state index is 14.0. The van der Waals surface area contributed by atoms with Crippen molar-refractivity contribution in [1.82, 2.24) is 5.32 Å². The van der Waals surface area contributed by atoms with Crippen LogP contribution in [0.4, 0.5) is 17.6 Å². The van der Waals surface area contributed by atoms with Gasteiger partial charge in [-0.05, 0) is 110 Å². The number of benzene rings is 3. The minimum absolute atomic E-state index is 0.0931. The summed E-state index contributed by atoms with van der Waals surface area (Å²) in [6, 6.07) is 11.6. The third kappa shape index (κ3) is 4.80. The Morgan fingerprint density at radius 1 is 0.925 bits per heavy atom. The van der Waals surface area contributed by atoms with Gasteiger partial charge in [0.2, 0.25) is 0 Å². The number of halogens is 4. The summed E-state index contributed by atoms with van der Waals surface area (Å²) in [4.78, 5) is 26.7. The molecular formula is C31H29F4NO4. The molecule has 1 amide bonds. The van der Waals surface area contributed by atoms with Crippen molar-refractivity contribution in [1.29, 1.82) is 0 Å². The summed E-state index contributed by atoms with van der Waals surface area (Å²) in [6.07, 6.45) is 0.553. The molecule has 40 heavy (non-hydrogen) atoms. The fourth-order valence-electron chi connectivity index (χ4n) is 7.47. The Morgan fingerprint density at radius 3 is 2.25 bits per heavy atom. The molecule has 2 N–H and O–H groups in total. The van der Waals surface area contributed by atoms with Crippen molar-refractivity contribution in [2.45, 2.75) is 56.8 Å². The highest BCUT2D eigenvalue weighted by atomic mass is 19.4. The van der Waals surface area contributed by atoms with Crippen molar-refractivity contribution >= 4 is 22.6 Å². The van der Waals surface area contributed by atoms with Crippen LogP contribution in [0.25, 0.3) is 10.8 Å². The number of carboxylic acids is 1. The Morgan fingerprint density at radius 2 is 1.60 bits per heavy atom. The summed E-state index contributed by atoms with van der Waals surface area (Å²) in [7, 11) is 0. The Labute approximate surface area is 228 Å². The molecule has 5 atom stereocenters. The third-order valence-electron chi connectivity index (χ3n) is 9.10. The topological polar surface area (TPSA) is 75.6 Å². The summed E-state index contributed by atoms with van der Waals surface area (Å²) >= 11 is 0. The average Bonchev–Trinajstić information content (AvgIpc) is 3.07. The van der Waals surface area contributed by atoms with E-state index < -0.39 is 35.0 Å². The van der Waals surface area contributed by atoms with Crippen LogP contribution in [0.1, 0.15) is 60.0 Å². The highest BCUT2D eigenvalue weighted by Crippen LogP contribution is 2.55. The zero-order valence-electron chi connectivity index (χ0n) is 21.6. The molecule has 4 saturated carbocycles. The number of hydrogen-bond acceptors (Lipinski definition) is 3. The SMILES string of the molecule is O=C(N[C@@]1(C(=O)O)CC2C[C@@H]3CC1C[C@H](C2)C3)c1ccc2cc(F)ccc2c1OCc1ccc(C(F)(F)F)cc1. The maximum Gasteiger partial charge on any atom is 0.416 e. The van der Waals surface area contributed by atoms with Crippen LogP contribution in [-0.4, -0.2) is 22.5 Å². The molecule has 0 radical (unpaired) electrons. The van der Waals surface area contributed by atoms with Gasteiger partial charge < -0.3 is 15.2 Å². The molecule has 5 nitrogen and oxygen atoms in total. The minimum Gasteiger partial charge on any atom is -0.487 e. The third-order valence-corrected chi connectivity index (χ3v) is 9.10. The number of carbonyl (C=O) groups is 2. The minimum atomic E-state index is -4.47. The summed E-state index contributed by atoms with van der Waals surface area (Å²) in [5.41, 5.74) is -1.65. The van der Waals surface area contributed by atoms with E-state index in [0.717, 1.165) is 44.2 Å². The average molecular weight is 556 g/mol. The predicted octanol–water partition coefficient (Wildman–Crippen LogP) is 6.98. The molecular weight excluding hydrogens is 526 g/mol. The summed E-state index contributed by atoms with van der Waals surface area (Å²) in [5.74, 6) is -0.953. The van der Waals surface area contributed by atoms with Crippen molar-refractivity contribution in [3.63, 3.8) is 0 Å². The zero-order chi connectivity index (χ0) is 28.2. The second-order valence-corrected chi connectivity index (χ2v) is 11.7. The van der Waals surface area contributed by atoms with Gasteiger partial charge in [0.05, 0.1) is 11.1 Å². The van der Waals surface area contributed by atoms with Crippen molar-refractivity contribution in [2.75, 3.05) is 0 Å². The number of ether oxygens (including phenoxy) is 1. The van der Waals surface area contributed by atoms with Gasteiger partial charge in [0.25, 0.3) is 5.91 Å². The number of carboxylic acid groups (broad SMARTS) is 1. The van der Waals surface area contributed by atoms with Gasteiger partial charge in [-0.15, -0.1) is 0 Å². The number of rotatable bonds is 6. The van der Waals surface area contributed by atoms with E-state index in [9.17, 15) is 32.3 Å². The van der Waals surface area contributed by atoms with E-state index in [4.69, 9.17) is 4.74 Å². The van der Waals surface area contributed by atoms with Gasteiger partial charge >= 0.3 is 12.1 Å². The normalized spacial score (nSPS) is 27.4. The van der Waals surface area contributed by atoms with Crippen LogP contribution in [0.2, 0.25) is 0 Å². The number of fused-ring (bicyclic) bond motifs is 2. The van der Waals surface area contributed by atoms with Crippen molar-refractivity contribution in [3.8, 4) is 5.75 Å². The monoisotopic (exact) mass is 555 g/mol. The molecule has 0 aromatic heterocycles. The van der Waals surface area contributed by atoms with Crippen LogP contribution in [-0.2, 0) is 17.6 Å².